The van der Waals surface area contributed by atoms with Crippen LogP contribution >= 0.6 is 11.6 Å². The van der Waals surface area contributed by atoms with Crippen molar-refractivity contribution in [3.8, 4) is 0 Å². The van der Waals surface area contributed by atoms with Gasteiger partial charge in [-0.15, -0.1) is 0 Å². The minimum absolute atomic E-state index is 0.430. The number of ether oxygens (including phenoxy) is 1. The molecule has 1 heterocycles. The summed E-state index contributed by atoms with van der Waals surface area (Å²) in [5.41, 5.74) is 0.360. The number of benzene rings is 1. The molecule has 1 atom stereocenters. The molecule has 0 saturated carbocycles. The van der Waals surface area contributed by atoms with Gasteiger partial charge < -0.3 is 9.84 Å². The molecule has 0 amide bonds. The summed E-state index contributed by atoms with van der Waals surface area (Å²) in [5.74, 6) is 0. The minimum atomic E-state index is -0.705. The van der Waals surface area contributed by atoms with Gasteiger partial charge in [-0.25, -0.2) is 0 Å². The summed E-state index contributed by atoms with van der Waals surface area (Å²) in [6.45, 7) is 1.19. The van der Waals surface area contributed by atoms with E-state index in [1.165, 1.54) is 0 Å². The van der Waals surface area contributed by atoms with Gasteiger partial charge in [-0.3, -0.25) is 0 Å². The summed E-state index contributed by atoms with van der Waals surface area (Å²) in [6.07, 6.45) is 2.35. The first-order valence-electron chi connectivity index (χ1n) is 5.23. The molecule has 0 aromatic heterocycles. The zero-order valence-electron chi connectivity index (χ0n) is 8.58. The van der Waals surface area contributed by atoms with Gasteiger partial charge in [0.2, 0.25) is 0 Å². The summed E-state index contributed by atoms with van der Waals surface area (Å²) in [6, 6.07) is 7.63. The highest BCUT2D eigenvalue weighted by Gasteiger charge is 2.30. The van der Waals surface area contributed by atoms with Crippen LogP contribution in [0.15, 0.2) is 24.3 Å². The Labute approximate surface area is 94.8 Å². The predicted molar refractivity (Wildman–Crippen MR) is 60.2 cm³/mol. The van der Waals surface area contributed by atoms with Gasteiger partial charge >= 0.3 is 0 Å². The second kappa shape index (κ2) is 4.52. The topological polar surface area (TPSA) is 29.5 Å². The molecule has 15 heavy (non-hydrogen) atoms. The molecule has 82 valence electrons. The third-order valence-electron chi connectivity index (χ3n) is 2.72. The molecular weight excluding hydrogens is 212 g/mol. The second-order valence-corrected chi connectivity index (χ2v) is 4.62. The van der Waals surface area contributed by atoms with Crippen LogP contribution in [-0.4, -0.2) is 23.9 Å². The first-order valence-corrected chi connectivity index (χ1v) is 5.60. The van der Waals surface area contributed by atoms with E-state index in [4.69, 9.17) is 16.3 Å². The van der Waals surface area contributed by atoms with Crippen LogP contribution in [0.1, 0.15) is 18.4 Å². The lowest BCUT2D eigenvalue weighted by Gasteiger charge is -2.32. The molecule has 0 bridgehead atoms. The average molecular weight is 227 g/mol. The largest absolute Gasteiger partial charge is 0.387 e. The molecule has 1 N–H and O–H groups in total. The SMILES string of the molecule is OC1(Cc2cccc(Cl)c2)CCCOC1. The summed E-state index contributed by atoms with van der Waals surface area (Å²) >= 11 is 5.90. The van der Waals surface area contributed by atoms with E-state index in [9.17, 15) is 5.11 Å². The van der Waals surface area contributed by atoms with Crippen LogP contribution in [0.3, 0.4) is 0 Å². The van der Waals surface area contributed by atoms with Crippen molar-refractivity contribution in [1.82, 2.24) is 0 Å². The maximum atomic E-state index is 10.2. The zero-order valence-corrected chi connectivity index (χ0v) is 9.33. The molecule has 1 fully saturated rings. The fourth-order valence-corrected chi connectivity index (χ4v) is 2.22. The van der Waals surface area contributed by atoms with Crippen molar-refractivity contribution < 1.29 is 9.84 Å². The molecule has 1 aromatic carbocycles. The van der Waals surface area contributed by atoms with Crippen molar-refractivity contribution in [3.63, 3.8) is 0 Å². The van der Waals surface area contributed by atoms with Gasteiger partial charge in [0.25, 0.3) is 0 Å². The number of hydrogen-bond acceptors (Lipinski definition) is 2. The van der Waals surface area contributed by atoms with E-state index >= 15 is 0 Å². The molecule has 1 unspecified atom stereocenters. The molecule has 1 aliphatic heterocycles. The fraction of sp³-hybridized carbons (Fsp3) is 0.500. The van der Waals surface area contributed by atoms with Gasteiger partial charge in [-0.2, -0.15) is 0 Å². The normalized spacial score (nSPS) is 26.5. The predicted octanol–water partition coefficient (Wildman–Crippen LogP) is 2.42. The van der Waals surface area contributed by atoms with Crippen molar-refractivity contribution in [2.45, 2.75) is 24.9 Å². The van der Waals surface area contributed by atoms with Crippen LogP contribution < -0.4 is 0 Å². The quantitative estimate of drug-likeness (QED) is 0.840. The van der Waals surface area contributed by atoms with E-state index in [1.807, 2.05) is 24.3 Å². The van der Waals surface area contributed by atoms with Gasteiger partial charge in [0, 0.05) is 18.1 Å². The standard InChI is InChI=1S/C12H15ClO2/c13-11-4-1-3-10(7-11)8-12(14)5-2-6-15-9-12/h1,3-4,7,14H,2,5-6,8-9H2. The van der Waals surface area contributed by atoms with E-state index in [-0.39, 0.29) is 0 Å². The van der Waals surface area contributed by atoms with Crippen LogP contribution in [-0.2, 0) is 11.2 Å². The molecule has 0 spiro atoms. The highest BCUT2D eigenvalue weighted by Crippen LogP contribution is 2.24. The molecule has 0 radical (unpaired) electrons. The first-order chi connectivity index (χ1) is 7.18. The molecule has 3 heteroatoms. The van der Waals surface area contributed by atoms with E-state index < -0.39 is 5.60 Å². The Balaban J connectivity index is 2.06. The molecule has 1 aromatic rings. The molecule has 2 nitrogen and oxygen atoms in total. The third-order valence-corrected chi connectivity index (χ3v) is 2.96. The Morgan fingerprint density at radius 3 is 3.00 bits per heavy atom. The lowest BCUT2D eigenvalue weighted by atomic mass is 9.89. The lowest BCUT2D eigenvalue weighted by molar-refractivity contribution is -0.0844. The second-order valence-electron chi connectivity index (χ2n) is 4.19. The Kier molecular flexibility index (Phi) is 3.29. The van der Waals surface area contributed by atoms with Crippen LogP contribution in [0.4, 0.5) is 0 Å². The first kappa shape index (κ1) is 10.9. The number of rotatable bonds is 2. The van der Waals surface area contributed by atoms with Crippen molar-refractivity contribution in [3.05, 3.63) is 34.9 Å². The Hall–Kier alpha value is -0.570. The van der Waals surface area contributed by atoms with Crippen LogP contribution in [0.25, 0.3) is 0 Å². The highest BCUT2D eigenvalue weighted by molar-refractivity contribution is 6.30. The van der Waals surface area contributed by atoms with Crippen LogP contribution in [0, 0.1) is 0 Å². The molecule has 1 saturated heterocycles. The Bertz CT molecular complexity index is 332. The number of hydrogen-bond donors (Lipinski definition) is 1. The molecule has 1 aliphatic rings. The number of halogens is 1. The maximum absolute atomic E-state index is 10.2. The van der Waals surface area contributed by atoms with E-state index in [0.717, 1.165) is 25.0 Å². The lowest BCUT2D eigenvalue weighted by Crippen LogP contribution is -2.40. The van der Waals surface area contributed by atoms with Crippen LogP contribution in [0.2, 0.25) is 5.02 Å². The fourth-order valence-electron chi connectivity index (χ4n) is 2.00. The van der Waals surface area contributed by atoms with Crippen molar-refractivity contribution in [2.24, 2.45) is 0 Å². The molecule has 0 aliphatic carbocycles. The molecular formula is C12H15ClO2. The van der Waals surface area contributed by atoms with Gasteiger partial charge in [0.15, 0.2) is 0 Å². The van der Waals surface area contributed by atoms with E-state index in [0.29, 0.717) is 18.1 Å². The van der Waals surface area contributed by atoms with Crippen LogP contribution in [0.5, 0.6) is 0 Å². The van der Waals surface area contributed by atoms with E-state index in [1.54, 1.807) is 0 Å². The highest BCUT2D eigenvalue weighted by atomic mass is 35.5. The van der Waals surface area contributed by atoms with Gasteiger partial charge in [0.05, 0.1) is 12.2 Å². The van der Waals surface area contributed by atoms with Crippen molar-refractivity contribution in [1.29, 1.82) is 0 Å². The van der Waals surface area contributed by atoms with Gasteiger partial charge in [-0.05, 0) is 30.5 Å². The van der Waals surface area contributed by atoms with Gasteiger partial charge in [0.1, 0.15) is 0 Å². The summed E-state index contributed by atoms with van der Waals surface area (Å²) in [7, 11) is 0. The van der Waals surface area contributed by atoms with Crippen molar-refractivity contribution in [2.75, 3.05) is 13.2 Å². The van der Waals surface area contributed by atoms with Gasteiger partial charge in [-0.1, -0.05) is 23.7 Å². The minimum Gasteiger partial charge on any atom is -0.387 e. The Morgan fingerprint density at radius 2 is 2.33 bits per heavy atom. The summed E-state index contributed by atoms with van der Waals surface area (Å²) in [5, 5.41) is 11.0. The summed E-state index contributed by atoms with van der Waals surface area (Å²) in [4.78, 5) is 0. The van der Waals surface area contributed by atoms with E-state index in [2.05, 4.69) is 0 Å². The number of aliphatic hydroxyl groups is 1. The summed E-state index contributed by atoms with van der Waals surface area (Å²) < 4.78 is 5.30. The maximum Gasteiger partial charge on any atom is 0.0921 e. The molecule has 2 rings (SSSR count). The van der Waals surface area contributed by atoms with Crippen molar-refractivity contribution >= 4 is 11.6 Å². The smallest absolute Gasteiger partial charge is 0.0921 e. The average Bonchev–Trinajstić information content (AvgIpc) is 2.18. The third kappa shape index (κ3) is 2.94. The zero-order chi connectivity index (χ0) is 10.7. The monoisotopic (exact) mass is 226 g/mol. The Morgan fingerprint density at radius 1 is 1.47 bits per heavy atom.